The van der Waals surface area contributed by atoms with E-state index >= 15 is 0 Å². The molecule has 32 heavy (non-hydrogen) atoms. The molecule has 0 atom stereocenters. The van der Waals surface area contributed by atoms with E-state index in [2.05, 4.69) is 15.4 Å². The van der Waals surface area contributed by atoms with Crippen molar-refractivity contribution in [2.45, 2.75) is 62.3 Å². The van der Waals surface area contributed by atoms with Crippen molar-refractivity contribution in [3.05, 3.63) is 30.0 Å². The predicted octanol–water partition coefficient (Wildman–Crippen LogP) is 3.14. The number of aromatic nitrogens is 1. The molecule has 0 unspecified atom stereocenters. The zero-order chi connectivity index (χ0) is 22.5. The van der Waals surface area contributed by atoms with Crippen LogP contribution in [0.4, 0.5) is 0 Å². The fourth-order valence-electron chi connectivity index (χ4n) is 5.29. The van der Waals surface area contributed by atoms with Gasteiger partial charge in [0.05, 0.1) is 18.1 Å². The van der Waals surface area contributed by atoms with Gasteiger partial charge in [-0.15, -0.1) is 0 Å². The van der Waals surface area contributed by atoms with E-state index in [0.717, 1.165) is 10.9 Å². The summed E-state index contributed by atoms with van der Waals surface area (Å²) in [6, 6.07) is 7.45. The van der Waals surface area contributed by atoms with E-state index in [1.165, 1.54) is 18.5 Å². The lowest BCUT2D eigenvalue weighted by molar-refractivity contribution is -0.147. The number of fused-ring (bicyclic) bond motifs is 1. The summed E-state index contributed by atoms with van der Waals surface area (Å²) in [6.07, 6.45) is 5.15. The van der Waals surface area contributed by atoms with Gasteiger partial charge in [0.1, 0.15) is 0 Å². The summed E-state index contributed by atoms with van der Waals surface area (Å²) >= 11 is 0. The summed E-state index contributed by atoms with van der Waals surface area (Å²) in [5, 5.41) is 1.09. The highest BCUT2D eigenvalue weighted by atomic mass is 32.2. The standard InChI is InChI=1S/C24H33N3O4S/c1-24(23(28)27-11-13-31-14-12-27)9-7-19(8-10-24)25-32(29,30)20-6-5-18-15-21(17-3-4-17)26(2)22(18)16-20/h5-6,15-17,19,25H,3-4,7-14H2,1-2H3. The van der Waals surface area contributed by atoms with Gasteiger partial charge in [0.2, 0.25) is 15.9 Å². The van der Waals surface area contributed by atoms with Crippen LogP contribution in [0.3, 0.4) is 0 Å². The second-order valence-electron chi connectivity index (χ2n) is 9.98. The Kier molecular flexibility index (Phi) is 5.58. The number of rotatable bonds is 5. The van der Waals surface area contributed by atoms with Crippen molar-refractivity contribution in [1.29, 1.82) is 0 Å². The van der Waals surface area contributed by atoms with Crippen LogP contribution in [0.5, 0.6) is 0 Å². The number of carbonyl (C=O) groups excluding carboxylic acids is 1. The second kappa shape index (κ2) is 8.15. The number of nitrogens with zero attached hydrogens (tertiary/aromatic N) is 2. The lowest BCUT2D eigenvalue weighted by atomic mass is 9.73. The number of hydrogen-bond donors (Lipinski definition) is 1. The number of hydrogen-bond acceptors (Lipinski definition) is 4. The lowest BCUT2D eigenvalue weighted by Crippen LogP contribution is -2.50. The van der Waals surface area contributed by atoms with Crippen molar-refractivity contribution in [1.82, 2.24) is 14.2 Å². The Morgan fingerprint density at radius 2 is 1.78 bits per heavy atom. The normalized spacial score (nSPS) is 27.1. The van der Waals surface area contributed by atoms with Gasteiger partial charge in [-0.25, -0.2) is 13.1 Å². The molecule has 8 heteroatoms. The van der Waals surface area contributed by atoms with Crippen molar-refractivity contribution in [2.24, 2.45) is 12.5 Å². The molecular weight excluding hydrogens is 426 g/mol. The van der Waals surface area contributed by atoms with Crippen LogP contribution in [0.1, 0.15) is 57.1 Å². The van der Waals surface area contributed by atoms with E-state index < -0.39 is 15.4 Å². The van der Waals surface area contributed by atoms with Gasteiger partial charge in [-0.1, -0.05) is 13.0 Å². The SMILES string of the molecule is Cn1c(C2CC2)cc2ccc(S(=O)(=O)NC3CCC(C)(C(=O)N4CCOCC4)CC3)cc21. The lowest BCUT2D eigenvalue weighted by Gasteiger charge is -2.40. The van der Waals surface area contributed by atoms with Crippen LogP contribution in [0.15, 0.2) is 29.2 Å². The van der Waals surface area contributed by atoms with Crippen molar-refractivity contribution >= 4 is 26.8 Å². The van der Waals surface area contributed by atoms with E-state index in [0.29, 0.717) is 62.8 Å². The molecule has 1 aromatic carbocycles. The van der Waals surface area contributed by atoms with Gasteiger partial charge in [-0.3, -0.25) is 4.79 Å². The molecule has 2 aromatic rings. The zero-order valence-corrected chi connectivity index (χ0v) is 19.8. The summed E-state index contributed by atoms with van der Waals surface area (Å²) in [7, 11) is -1.60. The molecule has 3 aliphatic rings. The number of amides is 1. The summed E-state index contributed by atoms with van der Waals surface area (Å²) in [5.41, 5.74) is 1.83. The maximum atomic E-state index is 13.1. The minimum atomic E-state index is -3.62. The van der Waals surface area contributed by atoms with Crippen LogP contribution in [0.25, 0.3) is 10.9 Å². The first-order chi connectivity index (χ1) is 15.3. The second-order valence-corrected chi connectivity index (χ2v) is 11.7. The molecule has 7 nitrogen and oxygen atoms in total. The molecule has 0 bridgehead atoms. The highest BCUT2D eigenvalue weighted by Gasteiger charge is 2.41. The largest absolute Gasteiger partial charge is 0.378 e. The van der Waals surface area contributed by atoms with Crippen LogP contribution in [0, 0.1) is 5.41 Å². The first-order valence-corrected chi connectivity index (χ1v) is 13.2. The van der Waals surface area contributed by atoms with Gasteiger partial charge in [0.25, 0.3) is 0 Å². The third-order valence-corrected chi connectivity index (χ3v) is 9.10. The Bertz CT molecular complexity index is 1120. The molecule has 2 aliphatic carbocycles. The summed E-state index contributed by atoms with van der Waals surface area (Å²) in [5.74, 6) is 0.796. The number of carbonyl (C=O) groups is 1. The number of nitrogens with one attached hydrogen (secondary N) is 1. The molecule has 1 aromatic heterocycles. The number of sulfonamides is 1. The highest BCUT2D eigenvalue weighted by Crippen LogP contribution is 2.42. The van der Waals surface area contributed by atoms with E-state index in [1.807, 2.05) is 24.9 Å². The van der Waals surface area contributed by atoms with Crippen molar-refractivity contribution < 1.29 is 17.9 Å². The molecule has 174 valence electrons. The maximum Gasteiger partial charge on any atom is 0.240 e. The summed E-state index contributed by atoms with van der Waals surface area (Å²) < 4.78 is 36.7. The molecule has 3 fully saturated rings. The van der Waals surface area contributed by atoms with Crippen LogP contribution in [-0.2, 0) is 26.6 Å². The highest BCUT2D eigenvalue weighted by molar-refractivity contribution is 7.89. The smallest absolute Gasteiger partial charge is 0.240 e. The van der Waals surface area contributed by atoms with Gasteiger partial charge >= 0.3 is 0 Å². The van der Waals surface area contributed by atoms with Gasteiger partial charge in [-0.2, -0.15) is 0 Å². The average molecular weight is 460 g/mol. The minimum Gasteiger partial charge on any atom is -0.378 e. The van der Waals surface area contributed by atoms with E-state index in [1.54, 1.807) is 12.1 Å². The molecule has 1 aliphatic heterocycles. The molecule has 2 heterocycles. The van der Waals surface area contributed by atoms with E-state index in [-0.39, 0.29) is 11.9 Å². The van der Waals surface area contributed by atoms with Crippen LogP contribution >= 0.6 is 0 Å². The number of morpholine rings is 1. The first-order valence-electron chi connectivity index (χ1n) is 11.8. The number of ether oxygens (including phenoxy) is 1. The van der Waals surface area contributed by atoms with Crippen molar-refractivity contribution in [2.75, 3.05) is 26.3 Å². The van der Waals surface area contributed by atoms with Crippen molar-refractivity contribution in [3.63, 3.8) is 0 Å². The predicted molar refractivity (Wildman–Crippen MR) is 123 cm³/mol. The quantitative estimate of drug-likeness (QED) is 0.745. The maximum absolute atomic E-state index is 13.1. The molecule has 1 saturated heterocycles. The van der Waals surface area contributed by atoms with Gasteiger partial charge in [0.15, 0.2) is 0 Å². The molecule has 0 spiro atoms. The molecule has 1 N–H and O–H groups in total. The van der Waals surface area contributed by atoms with E-state index in [9.17, 15) is 13.2 Å². The zero-order valence-electron chi connectivity index (χ0n) is 19.0. The molecule has 0 radical (unpaired) electrons. The number of benzene rings is 1. The van der Waals surface area contributed by atoms with Gasteiger partial charge in [-0.05, 0) is 68.0 Å². The number of aryl methyl sites for hydroxylation is 1. The monoisotopic (exact) mass is 459 g/mol. The van der Waals surface area contributed by atoms with Crippen LogP contribution in [-0.4, -0.2) is 56.1 Å². The van der Waals surface area contributed by atoms with Gasteiger partial charge < -0.3 is 14.2 Å². The minimum absolute atomic E-state index is 0.142. The Morgan fingerprint density at radius 1 is 1.09 bits per heavy atom. The van der Waals surface area contributed by atoms with Gasteiger partial charge in [0, 0.05) is 42.8 Å². The third-order valence-electron chi connectivity index (χ3n) is 7.59. The fraction of sp³-hybridized carbons (Fsp3) is 0.625. The Balaban J connectivity index is 1.26. The van der Waals surface area contributed by atoms with E-state index in [4.69, 9.17) is 4.74 Å². The Hall–Kier alpha value is -1.90. The summed E-state index contributed by atoms with van der Waals surface area (Å²) in [4.78, 5) is 15.2. The fourth-order valence-corrected chi connectivity index (χ4v) is 6.62. The topological polar surface area (TPSA) is 80.6 Å². The molecular formula is C24H33N3O4S. The Morgan fingerprint density at radius 3 is 2.44 bits per heavy atom. The molecule has 2 saturated carbocycles. The average Bonchev–Trinajstić information content (AvgIpc) is 3.59. The Labute approximate surface area is 190 Å². The van der Waals surface area contributed by atoms with Crippen LogP contribution in [0.2, 0.25) is 0 Å². The first kappa shape index (κ1) is 21.9. The molecule has 1 amide bonds. The van der Waals surface area contributed by atoms with Crippen molar-refractivity contribution in [3.8, 4) is 0 Å². The summed E-state index contributed by atoms with van der Waals surface area (Å²) in [6.45, 7) is 4.51. The van der Waals surface area contributed by atoms with Crippen LogP contribution < -0.4 is 4.72 Å². The molecule has 5 rings (SSSR count). The third kappa shape index (κ3) is 4.08.